The molecule has 0 saturated carbocycles. The Morgan fingerprint density at radius 2 is 0.328 bits per heavy atom. The molecule has 0 aliphatic rings. The van der Waals surface area contributed by atoms with Crippen molar-refractivity contribution in [3.05, 3.63) is 449 Å². The standard InChI is InChI=1S/2C60H37NO3/c1-2-11-45(12-3-1)61(47-29-23-39(24-30-47)48-16-10-17-52-49-13-4-9-20-57(49)64-60(48)52)46-27-21-38(22-28-46)42-33-43(40-25-31-58-53(36-40)50-14-5-7-18-55(50)62-58)35-44(34-42)41-26-32-59-54(37-41)51-15-6-8-19-56(51)63-59;1-2-13-43(14-3-1)61(45-33-29-39(30-34-45)46-18-10-21-52-49-15-4-7-24-55(49)62-58(46)52)44-31-27-38(28-32-44)40-35-41(47-19-11-22-53-50-16-5-8-25-56(50)63-59(47)53)37-42(36-40)48-20-12-23-54-51-17-6-9-26-57(51)64-60(48)54/h2*1-37H. The van der Waals surface area contributed by atoms with Crippen molar-refractivity contribution in [3.63, 3.8) is 0 Å². The molecule has 600 valence electrons. The lowest BCUT2D eigenvalue weighted by Gasteiger charge is -2.26. The van der Waals surface area contributed by atoms with Crippen LogP contribution in [0.4, 0.5) is 34.1 Å². The maximum absolute atomic E-state index is 6.60. The van der Waals surface area contributed by atoms with Crippen molar-refractivity contribution in [3.8, 4) is 89.0 Å². The fraction of sp³-hybridized carbons (Fsp3) is 0. The van der Waals surface area contributed by atoms with E-state index in [0.29, 0.717) is 0 Å². The maximum Gasteiger partial charge on any atom is 0.143 e. The second kappa shape index (κ2) is 30.4. The third-order valence-corrected chi connectivity index (χ3v) is 25.3. The molecule has 0 unspecified atom stereocenters. The van der Waals surface area contributed by atoms with E-state index in [0.717, 1.165) is 255 Å². The summed E-state index contributed by atoms with van der Waals surface area (Å²) in [5.41, 5.74) is 34.6. The van der Waals surface area contributed by atoms with E-state index in [4.69, 9.17) is 26.5 Å². The first-order chi connectivity index (χ1) is 63.4. The summed E-state index contributed by atoms with van der Waals surface area (Å²) in [7, 11) is 0. The summed E-state index contributed by atoms with van der Waals surface area (Å²) in [4.78, 5) is 4.62. The Morgan fingerprint density at radius 1 is 0.117 bits per heavy atom. The summed E-state index contributed by atoms with van der Waals surface area (Å²) in [6, 6.07) is 159. The molecule has 0 fully saturated rings. The maximum atomic E-state index is 6.60. The second-order valence-corrected chi connectivity index (χ2v) is 32.9. The van der Waals surface area contributed by atoms with Gasteiger partial charge in [0.1, 0.15) is 67.0 Å². The zero-order valence-corrected chi connectivity index (χ0v) is 69.1. The Kier molecular flexibility index (Phi) is 17.5. The van der Waals surface area contributed by atoms with Crippen LogP contribution in [0.1, 0.15) is 0 Å². The number of nitrogens with zero attached hydrogens (tertiary/aromatic N) is 2. The number of hydrogen-bond donors (Lipinski definition) is 0. The fourth-order valence-corrected chi connectivity index (χ4v) is 19.2. The van der Waals surface area contributed by atoms with Gasteiger partial charge in [0.05, 0.1) is 0 Å². The molecule has 20 aromatic carbocycles. The summed E-state index contributed by atoms with van der Waals surface area (Å²) < 4.78 is 38.5. The van der Waals surface area contributed by atoms with E-state index < -0.39 is 0 Å². The molecule has 0 radical (unpaired) electrons. The quantitative estimate of drug-likeness (QED) is 0.106. The van der Waals surface area contributed by atoms with Crippen LogP contribution in [0, 0.1) is 0 Å². The minimum Gasteiger partial charge on any atom is -0.456 e. The van der Waals surface area contributed by atoms with E-state index >= 15 is 0 Å². The largest absolute Gasteiger partial charge is 0.456 e. The molecule has 8 heteroatoms. The van der Waals surface area contributed by atoms with Crippen LogP contribution in [0.25, 0.3) is 221 Å². The summed E-state index contributed by atoms with van der Waals surface area (Å²) in [6.07, 6.45) is 0. The highest BCUT2D eigenvalue weighted by Crippen LogP contribution is 2.48. The van der Waals surface area contributed by atoms with Crippen molar-refractivity contribution in [1.29, 1.82) is 0 Å². The zero-order chi connectivity index (χ0) is 84.3. The van der Waals surface area contributed by atoms with Crippen LogP contribution in [0.5, 0.6) is 0 Å². The van der Waals surface area contributed by atoms with Crippen molar-refractivity contribution >= 4 is 166 Å². The molecule has 0 N–H and O–H groups in total. The first-order valence-corrected chi connectivity index (χ1v) is 43.3. The number of benzene rings is 20. The average molecular weight is 1640 g/mol. The van der Waals surface area contributed by atoms with Crippen molar-refractivity contribution in [1.82, 2.24) is 0 Å². The molecule has 0 amide bonds. The highest BCUT2D eigenvalue weighted by Gasteiger charge is 2.24. The molecular formula is C120H74N2O6. The number of furan rings is 6. The third-order valence-electron chi connectivity index (χ3n) is 25.3. The summed E-state index contributed by atoms with van der Waals surface area (Å²) >= 11 is 0. The predicted molar refractivity (Wildman–Crippen MR) is 529 cm³/mol. The lowest BCUT2D eigenvalue weighted by Crippen LogP contribution is -2.09. The molecule has 6 heterocycles. The number of hydrogen-bond acceptors (Lipinski definition) is 8. The van der Waals surface area contributed by atoms with Gasteiger partial charge in [-0.25, -0.2) is 0 Å². The van der Waals surface area contributed by atoms with Crippen molar-refractivity contribution < 1.29 is 26.5 Å². The minimum atomic E-state index is 0.878. The highest BCUT2D eigenvalue weighted by molar-refractivity contribution is 6.15. The number of para-hydroxylation sites is 12. The van der Waals surface area contributed by atoms with E-state index in [1.54, 1.807) is 0 Å². The number of fused-ring (bicyclic) bond motifs is 18. The molecule has 0 spiro atoms. The molecule has 0 aliphatic carbocycles. The van der Waals surface area contributed by atoms with Gasteiger partial charge in [0.15, 0.2) is 0 Å². The van der Waals surface area contributed by atoms with Crippen LogP contribution in [-0.4, -0.2) is 0 Å². The van der Waals surface area contributed by atoms with E-state index in [2.05, 4.69) is 386 Å². The van der Waals surface area contributed by atoms with E-state index in [9.17, 15) is 0 Å². The average Bonchev–Trinajstić information content (AvgIpc) is 1.56. The first-order valence-electron chi connectivity index (χ1n) is 43.3. The van der Waals surface area contributed by atoms with E-state index in [-0.39, 0.29) is 0 Å². The lowest BCUT2D eigenvalue weighted by molar-refractivity contribution is 0.668. The van der Waals surface area contributed by atoms with Crippen molar-refractivity contribution in [2.45, 2.75) is 0 Å². The summed E-state index contributed by atoms with van der Waals surface area (Å²) in [5, 5.41) is 13.4. The van der Waals surface area contributed by atoms with E-state index in [1.165, 1.54) is 0 Å². The third kappa shape index (κ3) is 12.8. The van der Waals surface area contributed by atoms with Gasteiger partial charge in [-0.05, 0) is 237 Å². The normalized spacial score (nSPS) is 11.8. The molecule has 8 nitrogen and oxygen atoms in total. The van der Waals surface area contributed by atoms with Crippen LogP contribution in [0.2, 0.25) is 0 Å². The molecule has 6 aromatic heterocycles. The van der Waals surface area contributed by atoms with Crippen LogP contribution in [-0.2, 0) is 0 Å². The van der Waals surface area contributed by atoms with Gasteiger partial charge in [0, 0.05) is 121 Å². The molecular weight excluding hydrogens is 1570 g/mol. The van der Waals surface area contributed by atoms with Crippen LogP contribution >= 0.6 is 0 Å². The highest BCUT2D eigenvalue weighted by atomic mass is 16.3. The number of anilines is 6. The van der Waals surface area contributed by atoms with Crippen LogP contribution in [0.3, 0.4) is 0 Å². The Labute approximate surface area is 735 Å². The fourth-order valence-electron chi connectivity index (χ4n) is 19.2. The monoisotopic (exact) mass is 1640 g/mol. The van der Waals surface area contributed by atoms with Gasteiger partial charge in [0.25, 0.3) is 0 Å². The number of rotatable bonds is 14. The van der Waals surface area contributed by atoms with Crippen LogP contribution < -0.4 is 9.80 Å². The SMILES string of the molecule is c1ccc(N(c2ccc(-c3cc(-c4ccc5oc6ccccc6c5c4)cc(-c4ccc5oc6ccccc6c5c4)c3)cc2)c2ccc(-c3cccc4c3oc3ccccc34)cc2)cc1.c1ccc(N(c2ccc(-c3cc(-c4cccc5c4oc4ccccc45)cc(-c4cccc5c4oc4ccccc45)c3)cc2)c2ccc(-c3cccc4c3oc3ccccc34)cc2)cc1. The van der Waals surface area contributed by atoms with Gasteiger partial charge >= 0.3 is 0 Å². The van der Waals surface area contributed by atoms with Gasteiger partial charge < -0.3 is 36.3 Å². The summed E-state index contributed by atoms with van der Waals surface area (Å²) in [5.74, 6) is 0. The predicted octanol–water partition coefficient (Wildman–Crippen LogP) is 35.0. The molecule has 128 heavy (non-hydrogen) atoms. The van der Waals surface area contributed by atoms with Gasteiger partial charge in [-0.15, -0.1) is 0 Å². The molecule has 0 saturated heterocycles. The lowest BCUT2D eigenvalue weighted by atomic mass is 9.92. The second-order valence-electron chi connectivity index (χ2n) is 32.9. The van der Waals surface area contributed by atoms with E-state index in [1.807, 2.05) is 72.8 Å². The minimum absolute atomic E-state index is 0.878. The van der Waals surface area contributed by atoms with Crippen molar-refractivity contribution in [2.24, 2.45) is 0 Å². The Hall–Kier alpha value is -17.2. The molecule has 0 atom stereocenters. The first kappa shape index (κ1) is 73.5. The Balaban J connectivity index is 0.000000139. The zero-order valence-electron chi connectivity index (χ0n) is 69.1. The van der Waals surface area contributed by atoms with Gasteiger partial charge in [-0.2, -0.15) is 0 Å². The topological polar surface area (TPSA) is 85.3 Å². The van der Waals surface area contributed by atoms with Gasteiger partial charge in [-0.3, -0.25) is 0 Å². The molecule has 26 aromatic rings. The Bertz CT molecular complexity index is 8550. The Morgan fingerprint density at radius 3 is 0.641 bits per heavy atom. The molecule has 26 rings (SSSR count). The van der Waals surface area contributed by atoms with Crippen LogP contribution in [0.15, 0.2) is 475 Å². The summed E-state index contributed by atoms with van der Waals surface area (Å²) in [6.45, 7) is 0. The smallest absolute Gasteiger partial charge is 0.143 e. The molecule has 0 aliphatic heterocycles. The van der Waals surface area contributed by atoms with Gasteiger partial charge in [0.2, 0.25) is 0 Å². The molecule has 0 bridgehead atoms. The van der Waals surface area contributed by atoms with Gasteiger partial charge in [-0.1, -0.05) is 279 Å². The van der Waals surface area contributed by atoms with Crippen molar-refractivity contribution in [2.75, 3.05) is 9.80 Å².